The van der Waals surface area contributed by atoms with Gasteiger partial charge in [0.2, 0.25) is 0 Å². The highest BCUT2D eigenvalue weighted by Gasteiger charge is 2.44. The van der Waals surface area contributed by atoms with Crippen molar-refractivity contribution >= 4 is 17.9 Å². The molecule has 0 aliphatic rings. The van der Waals surface area contributed by atoms with E-state index in [1.807, 2.05) is 0 Å². The first kappa shape index (κ1) is 18.4. The molecule has 0 radical (unpaired) electrons. The van der Waals surface area contributed by atoms with Crippen molar-refractivity contribution in [1.82, 2.24) is 0 Å². The number of carbonyl (C=O) groups excluding carboxylic acids is 3. The monoisotopic (exact) mass is 288 g/mol. The van der Waals surface area contributed by atoms with Crippen LogP contribution >= 0.6 is 0 Å². The van der Waals surface area contributed by atoms with E-state index in [2.05, 4.69) is 0 Å². The van der Waals surface area contributed by atoms with Crippen LogP contribution in [-0.2, 0) is 28.6 Å². The third-order valence-electron chi connectivity index (χ3n) is 2.72. The third-order valence-corrected chi connectivity index (χ3v) is 2.72. The Labute approximate surface area is 119 Å². The fraction of sp³-hybridized carbons (Fsp3) is 0.786. The van der Waals surface area contributed by atoms with Crippen molar-refractivity contribution in [3.05, 3.63) is 0 Å². The van der Waals surface area contributed by atoms with Crippen molar-refractivity contribution in [3.8, 4) is 0 Å². The first-order valence-corrected chi connectivity index (χ1v) is 6.90. The number of carbonyl (C=O) groups is 3. The topological polar surface area (TPSA) is 78.9 Å². The van der Waals surface area contributed by atoms with Crippen LogP contribution in [0.25, 0.3) is 0 Å². The van der Waals surface area contributed by atoms with E-state index in [9.17, 15) is 14.4 Å². The van der Waals surface area contributed by atoms with Gasteiger partial charge in [-0.3, -0.25) is 14.4 Å². The molecule has 0 fully saturated rings. The predicted molar refractivity (Wildman–Crippen MR) is 71.7 cm³/mol. The standard InChI is InChI=1S/C14H24O6/c1-6-18-12(15)10(9(4)5)11(13(16)19-7-2)14(17)20-8-3/h9-11H,6-8H2,1-5H3/t10-/m1/s1. The molecule has 116 valence electrons. The number of rotatable bonds is 8. The second kappa shape index (κ2) is 9.34. The number of hydrogen-bond acceptors (Lipinski definition) is 6. The molecule has 0 rings (SSSR count). The van der Waals surface area contributed by atoms with Crippen LogP contribution in [0.2, 0.25) is 0 Å². The van der Waals surface area contributed by atoms with Crippen LogP contribution in [0, 0.1) is 17.8 Å². The molecule has 0 amide bonds. The van der Waals surface area contributed by atoms with Gasteiger partial charge in [0.1, 0.15) is 0 Å². The Morgan fingerprint density at radius 1 is 0.750 bits per heavy atom. The second-order valence-corrected chi connectivity index (χ2v) is 4.50. The van der Waals surface area contributed by atoms with Crippen LogP contribution in [0.15, 0.2) is 0 Å². The van der Waals surface area contributed by atoms with Crippen molar-refractivity contribution in [2.75, 3.05) is 19.8 Å². The van der Waals surface area contributed by atoms with Gasteiger partial charge in [0.05, 0.1) is 25.7 Å². The Balaban J connectivity index is 5.35. The summed E-state index contributed by atoms with van der Waals surface area (Å²) in [5.74, 6) is -4.54. The van der Waals surface area contributed by atoms with Crippen LogP contribution in [0.4, 0.5) is 0 Å². The SMILES string of the molecule is CCOC(=O)C(C(=O)OCC)[C@H](C(=O)OCC)C(C)C. The summed E-state index contributed by atoms with van der Waals surface area (Å²) in [6, 6.07) is 0. The van der Waals surface area contributed by atoms with Crippen LogP contribution in [0.1, 0.15) is 34.6 Å². The maximum Gasteiger partial charge on any atom is 0.321 e. The zero-order valence-corrected chi connectivity index (χ0v) is 12.8. The maximum atomic E-state index is 12.0. The highest BCUT2D eigenvalue weighted by molar-refractivity contribution is 5.99. The second-order valence-electron chi connectivity index (χ2n) is 4.50. The number of esters is 3. The molecule has 0 saturated heterocycles. The molecule has 1 atom stereocenters. The van der Waals surface area contributed by atoms with Crippen molar-refractivity contribution in [3.63, 3.8) is 0 Å². The molecule has 0 heterocycles. The molecule has 0 N–H and O–H groups in total. The maximum absolute atomic E-state index is 12.0. The Bertz CT molecular complexity index is 319. The average molecular weight is 288 g/mol. The Hall–Kier alpha value is -1.59. The smallest absolute Gasteiger partial charge is 0.321 e. The van der Waals surface area contributed by atoms with Crippen molar-refractivity contribution in [1.29, 1.82) is 0 Å². The molecule has 6 heteroatoms. The van der Waals surface area contributed by atoms with Gasteiger partial charge in [-0.2, -0.15) is 0 Å². The summed E-state index contributed by atoms with van der Waals surface area (Å²) >= 11 is 0. The van der Waals surface area contributed by atoms with E-state index in [0.29, 0.717) is 0 Å². The highest BCUT2D eigenvalue weighted by atomic mass is 16.6. The Morgan fingerprint density at radius 3 is 1.40 bits per heavy atom. The van der Waals surface area contributed by atoms with Gasteiger partial charge < -0.3 is 14.2 Å². The van der Waals surface area contributed by atoms with E-state index in [0.717, 1.165) is 0 Å². The molecule has 0 unspecified atom stereocenters. The molecule has 6 nitrogen and oxygen atoms in total. The third kappa shape index (κ3) is 5.19. The van der Waals surface area contributed by atoms with Gasteiger partial charge in [-0.25, -0.2) is 0 Å². The van der Waals surface area contributed by atoms with Crippen LogP contribution in [0.3, 0.4) is 0 Å². The summed E-state index contributed by atoms with van der Waals surface area (Å²) in [6.07, 6.45) is 0. The van der Waals surface area contributed by atoms with E-state index in [4.69, 9.17) is 14.2 Å². The molecular weight excluding hydrogens is 264 g/mol. The molecule has 0 aliphatic heterocycles. The number of ether oxygens (including phenoxy) is 3. The van der Waals surface area contributed by atoms with Gasteiger partial charge in [0, 0.05) is 0 Å². The lowest BCUT2D eigenvalue weighted by molar-refractivity contribution is -0.173. The molecule has 0 spiro atoms. The lowest BCUT2D eigenvalue weighted by atomic mass is 9.83. The molecule has 0 aromatic rings. The van der Waals surface area contributed by atoms with Gasteiger partial charge in [-0.15, -0.1) is 0 Å². The molecule has 20 heavy (non-hydrogen) atoms. The highest BCUT2D eigenvalue weighted by Crippen LogP contribution is 2.25. The molecule has 0 aliphatic carbocycles. The Morgan fingerprint density at radius 2 is 1.10 bits per heavy atom. The van der Waals surface area contributed by atoms with Crippen LogP contribution in [-0.4, -0.2) is 37.7 Å². The van der Waals surface area contributed by atoms with E-state index >= 15 is 0 Å². The summed E-state index contributed by atoms with van der Waals surface area (Å²) < 4.78 is 14.7. The molecule has 0 saturated carbocycles. The summed E-state index contributed by atoms with van der Waals surface area (Å²) in [7, 11) is 0. The summed E-state index contributed by atoms with van der Waals surface area (Å²) in [5, 5.41) is 0. The normalized spacial score (nSPS) is 12.2. The van der Waals surface area contributed by atoms with Gasteiger partial charge in [-0.05, 0) is 26.7 Å². The van der Waals surface area contributed by atoms with Crippen molar-refractivity contribution < 1.29 is 28.6 Å². The van der Waals surface area contributed by atoms with Crippen LogP contribution < -0.4 is 0 Å². The molecule has 0 aromatic carbocycles. The van der Waals surface area contributed by atoms with Crippen molar-refractivity contribution in [2.24, 2.45) is 17.8 Å². The van der Waals surface area contributed by atoms with E-state index in [1.165, 1.54) is 0 Å². The lowest BCUT2D eigenvalue weighted by Crippen LogP contribution is -2.41. The van der Waals surface area contributed by atoms with Gasteiger partial charge >= 0.3 is 17.9 Å². The largest absolute Gasteiger partial charge is 0.466 e. The van der Waals surface area contributed by atoms with Crippen molar-refractivity contribution in [2.45, 2.75) is 34.6 Å². The minimum Gasteiger partial charge on any atom is -0.466 e. The van der Waals surface area contributed by atoms with Gasteiger partial charge in [0.25, 0.3) is 0 Å². The quantitative estimate of drug-likeness (QED) is 0.383. The number of hydrogen-bond donors (Lipinski definition) is 0. The fourth-order valence-electron chi connectivity index (χ4n) is 1.89. The minimum absolute atomic E-state index is 0.127. The Kier molecular flexibility index (Phi) is 8.59. The molecule has 0 bridgehead atoms. The summed E-state index contributed by atoms with van der Waals surface area (Å²) in [4.78, 5) is 36.0. The van der Waals surface area contributed by atoms with Gasteiger partial charge in [-0.1, -0.05) is 13.8 Å². The summed E-state index contributed by atoms with van der Waals surface area (Å²) in [6.45, 7) is 8.86. The predicted octanol–water partition coefficient (Wildman–Crippen LogP) is 1.56. The van der Waals surface area contributed by atoms with E-state index < -0.39 is 29.7 Å². The van der Waals surface area contributed by atoms with E-state index in [1.54, 1.807) is 34.6 Å². The van der Waals surface area contributed by atoms with E-state index in [-0.39, 0.29) is 25.7 Å². The summed E-state index contributed by atoms with van der Waals surface area (Å²) in [5.41, 5.74) is 0. The fourth-order valence-corrected chi connectivity index (χ4v) is 1.89. The van der Waals surface area contributed by atoms with Gasteiger partial charge in [0.15, 0.2) is 5.92 Å². The lowest BCUT2D eigenvalue weighted by Gasteiger charge is -2.25. The average Bonchev–Trinajstić information content (AvgIpc) is 2.35. The zero-order valence-electron chi connectivity index (χ0n) is 12.8. The minimum atomic E-state index is -1.28. The molecule has 0 aromatic heterocycles. The van der Waals surface area contributed by atoms with Crippen LogP contribution in [0.5, 0.6) is 0 Å². The zero-order chi connectivity index (χ0) is 15.7. The molecular formula is C14H24O6. The first-order valence-electron chi connectivity index (χ1n) is 6.90. The first-order chi connectivity index (χ1) is 9.40.